The minimum absolute atomic E-state index is 0.0900. The standard InChI is InChI=1S/C14H16F3N3O3.2C2H6/c1-6-5-9(21)19-20-10(6)7-3-4-8(22-2)11-12(7)23-13(18-11)14(15,16)17;2*1-2/h3-4,6,10,13,18,20H,5H2,1-2H3,(H,19,21);2*1-2H3. The second kappa shape index (κ2) is 9.68. The van der Waals surface area contributed by atoms with Gasteiger partial charge in [-0.1, -0.05) is 34.6 Å². The maximum absolute atomic E-state index is 13.0. The largest absolute Gasteiger partial charge is 0.494 e. The van der Waals surface area contributed by atoms with E-state index in [9.17, 15) is 18.0 Å². The molecular weight excluding hydrogens is 363 g/mol. The lowest BCUT2D eigenvalue weighted by molar-refractivity contribution is -0.182. The molecular formula is C18H28F3N3O3. The quantitative estimate of drug-likeness (QED) is 0.707. The van der Waals surface area contributed by atoms with Gasteiger partial charge in [0.2, 0.25) is 5.91 Å². The zero-order valence-corrected chi connectivity index (χ0v) is 16.5. The Morgan fingerprint density at radius 1 is 1.19 bits per heavy atom. The van der Waals surface area contributed by atoms with E-state index in [0.29, 0.717) is 5.56 Å². The Kier molecular flexibility index (Phi) is 8.20. The molecule has 1 fully saturated rings. The van der Waals surface area contributed by atoms with Gasteiger partial charge in [-0.15, -0.1) is 0 Å². The molecule has 0 bridgehead atoms. The van der Waals surface area contributed by atoms with Gasteiger partial charge in [0.15, 0.2) is 5.75 Å². The smallest absolute Gasteiger partial charge is 0.445 e. The van der Waals surface area contributed by atoms with Gasteiger partial charge >= 0.3 is 6.18 Å². The van der Waals surface area contributed by atoms with E-state index in [-0.39, 0.29) is 41.5 Å². The van der Waals surface area contributed by atoms with E-state index >= 15 is 0 Å². The highest BCUT2D eigenvalue weighted by Gasteiger charge is 2.48. The van der Waals surface area contributed by atoms with E-state index in [4.69, 9.17) is 9.47 Å². The van der Waals surface area contributed by atoms with Crippen LogP contribution in [0.4, 0.5) is 18.9 Å². The van der Waals surface area contributed by atoms with Gasteiger partial charge in [0.1, 0.15) is 11.4 Å². The van der Waals surface area contributed by atoms with Gasteiger partial charge < -0.3 is 14.8 Å². The van der Waals surface area contributed by atoms with Gasteiger partial charge in [-0.2, -0.15) is 13.2 Å². The molecule has 6 nitrogen and oxygen atoms in total. The Morgan fingerprint density at radius 3 is 2.33 bits per heavy atom. The Balaban J connectivity index is 0.000000855. The molecule has 2 aliphatic heterocycles. The number of methoxy groups -OCH3 is 1. The van der Waals surface area contributed by atoms with Crippen molar-refractivity contribution in [1.82, 2.24) is 10.9 Å². The second-order valence-corrected chi connectivity index (χ2v) is 5.60. The maximum Gasteiger partial charge on any atom is 0.445 e. The third-order valence-corrected chi connectivity index (χ3v) is 3.96. The van der Waals surface area contributed by atoms with Crippen molar-refractivity contribution in [3.05, 3.63) is 17.7 Å². The number of hydrazine groups is 1. The second-order valence-electron chi connectivity index (χ2n) is 5.60. The number of carbonyl (C=O) groups is 1. The average molecular weight is 391 g/mol. The summed E-state index contributed by atoms with van der Waals surface area (Å²) < 4.78 is 49.1. The molecule has 3 N–H and O–H groups in total. The third kappa shape index (κ3) is 4.97. The van der Waals surface area contributed by atoms with E-state index in [2.05, 4.69) is 16.2 Å². The van der Waals surface area contributed by atoms with Gasteiger partial charge in [0.25, 0.3) is 6.23 Å². The maximum atomic E-state index is 13.0. The van der Waals surface area contributed by atoms with Crippen molar-refractivity contribution in [1.29, 1.82) is 0 Å². The Hall–Kier alpha value is -2.16. The first-order valence-electron chi connectivity index (χ1n) is 9.06. The molecule has 3 atom stereocenters. The van der Waals surface area contributed by atoms with Crippen molar-refractivity contribution in [3.63, 3.8) is 0 Å². The molecule has 9 heteroatoms. The first-order chi connectivity index (χ1) is 12.8. The summed E-state index contributed by atoms with van der Waals surface area (Å²) in [5.41, 5.74) is 6.03. The van der Waals surface area contributed by atoms with Crippen LogP contribution < -0.4 is 25.6 Å². The summed E-state index contributed by atoms with van der Waals surface area (Å²) in [6.07, 6.45) is -6.41. The van der Waals surface area contributed by atoms with Gasteiger partial charge in [-0.3, -0.25) is 10.2 Å². The fourth-order valence-electron chi connectivity index (χ4n) is 2.83. The van der Waals surface area contributed by atoms with Crippen LogP contribution >= 0.6 is 0 Å². The molecule has 3 rings (SSSR count). The Labute approximate surface area is 157 Å². The van der Waals surface area contributed by atoms with E-state index in [1.807, 2.05) is 34.6 Å². The first-order valence-corrected chi connectivity index (χ1v) is 9.06. The van der Waals surface area contributed by atoms with Crippen molar-refractivity contribution in [2.24, 2.45) is 5.92 Å². The number of benzene rings is 1. The molecule has 1 aromatic carbocycles. The molecule has 1 amide bonds. The number of anilines is 1. The van der Waals surface area contributed by atoms with Crippen LogP contribution in [-0.2, 0) is 4.79 Å². The van der Waals surface area contributed by atoms with Crippen LogP contribution in [0.25, 0.3) is 0 Å². The van der Waals surface area contributed by atoms with Crippen LogP contribution in [0.2, 0.25) is 0 Å². The minimum atomic E-state index is -4.55. The number of fused-ring (bicyclic) bond motifs is 1. The highest BCUT2D eigenvalue weighted by molar-refractivity contribution is 5.77. The van der Waals surface area contributed by atoms with Crippen LogP contribution in [0.5, 0.6) is 11.5 Å². The van der Waals surface area contributed by atoms with Crippen molar-refractivity contribution < 1.29 is 27.4 Å². The number of rotatable bonds is 2. The zero-order valence-electron chi connectivity index (χ0n) is 16.5. The summed E-state index contributed by atoms with van der Waals surface area (Å²) in [6, 6.07) is 2.86. The van der Waals surface area contributed by atoms with Crippen LogP contribution in [-0.4, -0.2) is 25.4 Å². The van der Waals surface area contributed by atoms with Crippen LogP contribution in [0.1, 0.15) is 52.6 Å². The number of hydrogen-bond donors (Lipinski definition) is 3. The number of halogens is 3. The molecule has 0 spiro atoms. The lowest BCUT2D eigenvalue weighted by Crippen LogP contribution is -2.48. The fraction of sp³-hybridized carbons (Fsp3) is 0.611. The SMILES string of the molecule is CC.CC.COc1ccc(C2NNC(=O)CC2C)c2c1NC(C(F)(F)F)O2. The monoisotopic (exact) mass is 391 g/mol. The molecule has 2 aliphatic rings. The predicted octanol–water partition coefficient (Wildman–Crippen LogP) is 4.14. The molecule has 1 aromatic rings. The van der Waals surface area contributed by atoms with E-state index < -0.39 is 12.4 Å². The van der Waals surface area contributed by atoms with Gasteiger partial charge in [0, 0.05) is 12.0 Å². The summed E-state index contributed by atoms with van der Waals surface area (Å²) in [4.78, 5) is 11.4. The van der Waals surface area contributed by atoms with Crippen molar-refractivity contribution in [2.45, 2.75) is 59.5 Å². The summed E-state index contributed by atoms with van der Waals surface area (Å²) in [5.74, 6) is 0.0936. The molecule has 0 saturated carbocycles. The van der Waals surface area contributed by atoms with Gasteiger partial charge in [0.05, 0.1) is 13.2 Å². The lowest BCUT2D eigenvalue weighted by Gasteiger charge is -2.31. The fourth-order valence-corrected chi connectivity index (χ4v) is 2.83. The first kappa shape index (κ1) is 22.9. The topological polar surface area (TPSA) is 71.6 Å². The summed E-state index contributed by atoms with van der Waals surface area (Å²) in [7, 11) is 1.37. The minimum Gasteiger partial charge on any atom is -0.494 e. The number of ether oxygens (including phenoxy) is 2. The number of amides is 1. The average Bonchev–Trinajstić information content (AvgIpc) is 3.11. The number of alkyl halides is 3. The molecule has 0 radical (unpaired) electrons. The highest BCUT2D eigenvalue weighted by atomic mass is 19.4. The third-order valence-electron chi connectivity index (χ3n) is 3.96. The van der Waals surface area contributed by atoms with E-state index in [1.54, 1.807) is 12.1 Å². The molecule has 1 saturated heterocycles. The molecule has 27 heavy (non-hydrogen) atoms. The Bertz CT molecular complexity index is 638. The molecule has 3 unspecified atom stereocenters. The number of nitrogens with one attached hydrogen (secondary N) is 3. The Morgan fingerprint density at radius 2 is 1.81 bits per heavy atom. The lowest BCUT2D eigenvalue weighted by atomic mass is 9.90. The summed E-state index contributed by atoms with van der Waals surface area (Å²) in [5, 5.41) is 2.31. The van der Waals surface area contributed by atoms with Crippen molar-refractivity contribution in [3.8, 4) is 11.5 Å². The van der Waals surface area contributed by atoms with Crippen molar-refractivity contribution in [2.75, 3.05) is 12.4 Å². The van der Waals surface area contributed by atoms with Crippen LogP contribution in [0.3, 0.4) is 0 Å². The summed E-state index contributed by atoms with van der Waals surface area (Å²) >= 11 is 0. The molecule has 0 aromatic heterocycles. The molecule has 154 valence electrons. The zero-order chi connectivity index (χ0) is 20.8. The van der Waals surface area contributed by atoms with Crippen molar-refractivity contribution >= 4 is 11.6 Å². The summed E-state index contributed by atoms with van der Waals surface area (Å²) in [6.45, 7) is 9.84. The van der Waals surface area contributed by atoms with Gasteiger partial charge in [-0.25, -0.2) is 5.43 Å². The highest BCUT2D eigenvalue weighted by Crippen LogP contribution is 2.48. The normalized spacial score (nSPS) is 23.3. The van der Waals surface area contributed by atoms with Crippen LogP contribution in [0, 0.1) is 5.92 Å². The number of carbonyl (C=O) groups excluding carboxylic acids is 1. The molecule has 0 aliphatic carbocycles. The molecule has 2 heterocycles. The van der Waals surface area contributed by atoms with E-state index in [1.165, 1.54) is 7.11 Å². The van der Waals surface area contributed by atoms with E-state index in [0.717, 1.165) is 0 Å². The predicted molar refractivity (Wildman–Crippen MR) is 97.6 cm³/mol. The van der Waals surface area contributed by atoms with Gasteiger partial charge in [-0.05, 0) is 18.1 Å². The number of hydrogen-bond acceptors (Lipinski definition) is 5. The van der Waals surface area contributed by atoms with Crippen LogP contribution in [0.15, 0.2) is 12.1 Å².